The van der Waals surface area contributed by atoms with Gasteiger partial charge in [0.2, 0.25) is 0 Å². The lowest BCUT2D eigenvalue weighted by molar-refractivity contribution is -0.123. The summed E-state index contributed by atoms with van der Waals surface area (Å²) in [5.41, 5.74) is 2.61. The third-order valence-electron chi connectivity index (χ3n) is 5.29. The lowest BCUT2D eigenvalue weighted by atomic mass is 10.1. The largest absolute Gasteiger partial charge is 0.493 e. The number of aromatic carboxylic acids is 1. The molecule has 0 aliphatic carbocycles. The van der Waals surface area contributed by atoms with Crippen LogP contribution in [0.5, 0.6) is 11.5 Å². The number of halogens is 1. The SMILES string of the molecule is COc1cc(/C=C2/NC(=O)N(Cc3ccccc3)C2=O)cc(Br)c1OCc1ccc(C(=O)O)cc1. The molecule has 1 aliphatic rings. The molecule has 35 heavy (non-hydrogen) atoms. The van der Waals surface area contributed by atoms with Gasteiger partial charge in [-0.3, -0.25) is 9.69 Å². The summed E-state index contributed by atoms with van der Waals surface area (Å²) in [6, 6.07) is 18.6. The van der Waals surface area contributed by atoms with Crippen molar-refractivity contribution in [3.8, 4) is 11.5 Å². The summed E-state index contributed by atoms with van der Waals surface area (Å²) in [6.45, 7) is 0.369. The number of nitrogens with one attached hydrogen (secondary N) is 1. The minimum Gasteiger partial charge on any atom is -0.493 e. The second-order valence-corrected chi connectivity index (χ2v) is 8.54. The van der Waals surface area contributed by atoms with Crippen molar-refractivity contribution in [2.45, 2.75) is 13.2 Å². The topological polar surface area (TPSA) is 105 Å². The van der Waals surface area contributed by atoms with E-state index >= 15 is 0 Å². The van der Waals surface area contributed by atoms with Crippen molar-refractivity contribution >= 4 is 39.9 Å². The predicted octanol–water partition coefficient (Wildman–Crippen LogP) is 4.83. The molecule has 9 heteroatoms. The Morgan fingerprint density at radius 1 is 1.06 bits per heavy atom. The van der Waals surface area contributed by atoms with Gasteiger partial charge in [0.15, 0.2) is 11.5 Å². The molecule has 0 bridgehead atoms. The van der Waals surface area contributed by atoms with E-state index < -0.39 is 17.9 Å². The molecule has 0 radical (unpaired) electrons. The molecule has 178 valence electrons. The molecule has 1 heterocycles. The van der Waals surface area contributed by atoms with Crippen molar-refractivity contribution in [3.63, 3.8) is 0 Å². The molecule has 8 nitrogen and oxygen atoms in total. The van der Waals surface area contributed by atoms with Crippen LogP contribution in [0.1, 0.15) is 27.0 Å². The normalized spacial score (nSPS) is 14.2. The van der Waals surface area contributed by atoms with E-state index in [1.54, 1.807) is 30.3 Å². The number of rotatable bonds is 8. The first-order chi connectivity index (χ1) is 16.9. The Morgan fingerprint density at radius 3 is 2.43 bits per heavy atom. The monoisotopic (exact) mass is 536 g/mol. The number of benzene rings is 3. The van der Waals surface area contributed by atoms with Crippen LogP contribution in [0.2, 0.25) is 0 Å². The summed E-state index contributed by atoms with van der Waals surface area (Å²) in [5.74, 6) is -0.540. The van der Waals surface area contributed by atoms with Crippen molar-refractivity contribution < 1.29 is 29.0 Å². The van der Waals surface area contributed by atoms with Gasteiger partial charge < -0.3 is 19.9 Å². The summed E-state index contributed by atoms with van der Waals surface area (Å²) in [6.07, 6.45) is 1.58. The second kappa shape index (κ2) is 10.4. The van der Waals surface area contributed by atoms with Crippen LogP contribution in [-0.2, 0) is 17.9 Å². The molecule has 3 aromatic carbocycles. The van der Waals surface area contributed by atoms with Gasteiger partial charge in [-0.1, -0.05) is 42.5 Å². The molecular weight excluding hydrogens is 516 g/mol. The Hall–Kier alpha value is -4.11. The van der Waals surface area contributed by atoms with Crippen LogP contribution in [0, 0.1) is 0 Å². The van der Waals surface area contributed by atoms with Crippen LogP contribution < -0.4 is 14.8 Å². The van der Waals surface area contributed by atoms with Gasteiger partial charge in [-0.15, -0.1) is 0 Å². The Labute approximate surface area is 209 Å². The first-order valence-electron chi connectivity index (χ1n) is 10.6. The molecule has 4 rings (SSSR count). The van der Waals surface area contributed by atoms with E-state index in [0.29, 0.717) is 21.5 Å². The molecule has 0 saturated carbocycles. The number of hydrogen-bond acceptors (Lipinski definition) is 5. The first kappa shape index (κ1) is 24.0. The molecule has 0 atom stereocenters. The number of carbonyl (C=O) groups is 3. The average molecular weight is 537 g/mol. The van der Waals surface area contributed by atoms with Crippen LogP contribution >= 0.6 is 15.9 Å². The Bertz CT molecular complexity index is 1310. The van der Waals surface area contributed by atoms with Gasteiger partial charge in [0.1, 0.15) is 12.3 Å². The van der Waals surface area contributed by atoms with Crippen molar-refractivity contribution in [1.29, 1.82) is 0 Å². The lowest BCUT2D eigenvalue weighted by Gasteiger charge is -2.14. The molecule has 1 saturated heterocycles. The van der Waals surface area contributed by atoms with Gasteiger partial charge in [0, 0.05) is 0 Å². The van der Waals surface area contributed by atoms with Gasteiger partial charge in [0.25, 0.3) is 5.91 Å². The number of imide groups is 1. The zero-order chi connectivity index (χ0) is 24.9. The summed E-state index contributed by atoms with van der Waals surface area (Å²) in [7, 11) is 1.50. The quantitative estimate of drug-likeness (QED) is 0.315. The fourth-order valence-corrected chi connectivity index (χ4v) is 4.08. The van der Waals surface area contributed by atoms with Gasteiger partial charge >= 0.3 is 12.0 Å². The molecule has 0 aromatic heterocycles. The van der Waals surface area contributed by atoms with Crippen LogP contribution in [0.4, 0.5) is 4.79 Å². The van der Waals surface area contributed by atoms with Gasteiger partial charge in [0.05, 0.1) is 23.7 Å². The molecular formula is C26H21BrN2O6. The Kier molecular flexibility index (Phi) is 7.17. The maximum Gasteiger partial charge on any atom is 0.335 e. The highest BCUT2D eigenvalue weighted by Gasteiger charge is 2.33. The number of carboxylic acids is 1. The van der Waals surface area contributed by atoms with Crippen LogP contribution in [0.15, 0.2) is 76.9 Å². The minimum absolute atomic E-state index is 0.159. The fourth-order valence-electron chi connectivity index (χ4n) is 3.51. The highest BCUT2D eigenvalue weighted by atomic mass is 79.9. The van der Waals surface area contributed by atoms with Crippen molar-refractivity contribution in [3.05, 3.63) is 99.2 Å². The van der Waals surface area contributed by atoms with Crippen molar-refractivity contribution in [2.75, 3.05) is 7.11 Å². The number of methoxy groups -OCH3 is 1. The van der Waals surface area contributed by atoms with E-state index in [0.717, 1.165) is 16.0 Å². The van der Waals surface area contributed by atoms with E-state index in [4.69, 9.17) is 14.6 Å². The number of amides is 3. The van der Waals surface area contributed by atoms with E-state index in [9.17, 15) is 14.4 Å². The molecule has 0 spiro atoms. The van der Waals surface area contributed by atoms with Gasteiger partial charge in [-0.25, -0.2) is 9.59 Å². The maximum atomic E-state index is 12.8. The van der Waals surface area contributed by atoms with E-state index in [2.05, 4.69) is 21.2 Å². The van der Waals surface area contributed by atoms with Gasteiger partial charge in [-0.05, 0) is 63.0 Å². The van der Waals surface area contributed by atoms with E-state index in [1.807, 2.05) is 30.3 Å². The number of nitrogens with zero attached hydrogens (tertiary/aromatic N) is 1. The standard InChI is InChI=1S/C26H21BrN2O6/c1-34-22-13-18(11-20(27)23(22)35-15-17-7-9-19(10-8-17)25(31)32)12-21-24(30)29(26(33)28-21)14-16-5-3-2-4-6-16/h2-13H,14-15H2,1H3,(H,28,33)(H,31,32)/b21-12+. The van der Waals surface area contributed by atoms with Crippen LogP contribution in [0.3, 0.4) is 0 Å². The molecule has 2 N–H and O–H groups in total. The highest BCUT2D eigenvalue weighted by molar-refractivity contribution is 9.10. The van der Waals surface area contributed by atoms with Crippen molar-refractivity contribution in [2.24, 2.45) is 0 Å². The van der Waals surface area contributed by atoms with Crippen molar-refractivity contribution in [1.82, 2.24) is 10.2 Å². The summed E-state index contributed by atoms with van der Waals surface area (Å²) < 4.78 is 12.0. The highest BCUT2D eigenvalue weighted by Crippen LogP contribution is 2.38. The summed E-state index contributed by atoms with van der Waals surface area (Å²) >= 11 is 3.48. The molecule has 0 unspecified atom stereocenters. The summed E-state index contributed by atoms with van der Waals surface area (Å²) in [4.78, 5) is 37.4. The van der Waals surface area contributed by atoms with Crippen LogP contribution in [-0.4, -0.2) is 35.0 Å². The molecule has 1 aliphatic heterocycles. The number of hydrogen-bond donors (Lipinski definition) is 2. The smallest absolute Gasteiger partial charge is 0.335 e. The zero-order valence-electron chi connectivity index (χ0n) is 18.7. The summed E-state index contributed by atoms with van der Waals surface area (Å²) in [5, 5.41) is 11.6. The van der Waals surface area contributed by atoms with Crippen LogP contribution in [0.25, 0.3) is 6.08 Å². The number of urea groups is 1. The number of ether oxygens (including phenoxy) is 2. The lowest BCUT2D eigenvalue weighted by Crippen LogP contribution is -2.30. The molecule has 1 fully saturated rings. The third kappa shape index (κ3) is 5.52. The van der Waals surface area contributed by atoms with E-state index in [1.165, 1.54) is 19.2 Å². The zero-order valence-corrected chi connectivity index (χ0v) is 20.2. The Morgan fingerprint density at radius 2 is 1.77 bits per heavy atom. The molecule has 3 aromatic rings. The predicted molar refractivity (Wildman–Crippen MR) is 132 cm³/mol. The minimum atomic E-state index is -0.994. The van der Waals surface area contributed by atoms with Gasteiger partial charge in [-0.2, -0.15) is 0 Å². The number of carbonyl (C=O) groups excluding carboxylic acids is 2. The fraction of sp³-hybridized carbons (Fsp3) is 0.115. The third-order valence-corrected chi connectivity index (χ3v) is 5.88. The first-order valence-corrected chi connectivity index (χ1v) is 11.4. The Balaban J connectivity index is 1.51. The molecule has 3 amide bonds. The second-order valence-electron chi connectivity index (χ2n) is 7.69. The average Bonchev–Trinajstić information content (AvgIpc) is 3.11. The maximum absolute atomic E-state index is 12.8. The number of carboxylic acid groups (broad SMARTS) is 1. The van der Waals surface area contributed by atoms with E-state index in [-0.39, 0.29) is 24.4 Å².